The molecule has 1 aromatic carbocycles. The number of nitrogens with one attached hydrogen (secondary N) is 1. The quantitative estimate of drug-likeness (QED) is 0.894. The molecule has 1 aliphatic rings. The molecule has 1 aromatic rings. The monoisotopic (exact) mass is 315 g/mol. The fourth-order valence-corrected chi connectivity index (χ4v) is 2.87. The second-order valence-corrected chi connectivity index (χ2v) is 5.98. The molecule has 0 saturated heterocycles. The van der Waals surface area contributed by atoms with E-state index in [4.69, 9.17) is 0 Å². The number of aliphatic hydroxyl groups is 1. The largest absolute Gasteiger partial charge is 0.393 e. The Kier molecular flexibility index (Phi) is 4.76. The van der Waals surface area contributed by atoms with Crippen LogP contribution in [0.4, 0.5) is 4.39 Å². The molecule has 0 aromatic heterocycles. The summed E-state index contributed by atoms with van der Waals surface area (Å²) < 4.78 is 14.6. The van der Waals surface area contributed by atoms with Crippen LogP contribution in [-0.2, 0) is 0 Å². The van der Waals surface area contributed by atoms with Crippen LogP contribution in [0.5, 0.6) is 0 Å². The number of hydrogen-bond donors (Lipinski definition) is 2. The van der Waals surface area contributed by atoms with E-state index in [1.54, 1.807) is 0 Å². The lowest BCUT2D eigenvalue weighted by atomic mass is 9.92. The number of benzene rings is 1. The van der Waals surface area contributed by atoms with E-state index in [1.165, 1.54) is 6.07 Å². The van der Waals surface area contributed by atoms with Gasteiger partial charge in [0.15, 0.2) is 0 Å². The Hall–Kier alpha value is -0.450. The van der Waals surface area contributed by atoms with Crippen molar-refractivity contribution in [2.24, 2.45) is 0 Å². The van der Waals surface area contributed by atoms with Gasteiger partial charge in [0.2, 0.25) is 0 Å². The molecule has 1 atom stereocenters. The molecule has 2 nitrogen and oxygen atoms in total. The van der Waals surface area contributed by atoms with E-state index in [-0.39, 0.29) is 18.0 Å². The lowest BCUT2D eigenvalue weighted by Crippen LogP contribution is -2.36. The van der Waals surface area contributed by atoms with Crippen LogP contribution in [0.25, 0.3) is 0 Å². The lowest BCUT2D eigenvalue weighted by molar-refractivity contribution is 0.114. The van der Waals surface area contributed by atoms with Crippen LogP contribution in [0.3, 0.4) is 0 Å². The van der Waals surface area contributed by atoms with Crippen LogP contribution in [0, 0.1) is 5.82 Å². The first-order chi connectivity index (χ1) is 8.56. The smallest absolute Gasteiger partial charge is 0.129 e. The van der Waals surface area contributed by atoms with Gasteiger partial charge in [-0.3, -0.25) is 0 Å². The predicted octanol–water partition coefficient (Wildman–Crippen LogP) is 3.54. The van der Waals surface area contributed by atoms with Gasteiger partial charge in [0.1, 0.15) is 5.82 Å². The Balaban J connectivity index is 1.97. The van der Waals surface area contributed by atoms with Crippen LogP contribution in [-0.4, -0.2) is 17.3 Å². The minimum atomic E-state index is -0.180. The summed E-state index contributed by atoms with van der Waals surface area (Å²) in [5.41, 5.74) is 0.698. The molecule has 1 fully saturated rings. The Morgan fingerprint density at radius 3 is 2.61 bits per heavy atom. The van der Waals surface area contributed by atoms with Crippen LogP contribution in [0.15, 0.2) is 22.7 Å². The summed E-state index contributed by atoms with van der Waals surface area (Å²) in [4.78, 5) is 0. The molecule has 100 valence electrons. The maximum atomic E-state index is 13.8. The fourth-order valence-electron chi connectivity index (χ4n) is 2.54. The fraction of sp³-hybridized carbons (Fsp3) is 0.571. The SMILES string of the molecule is CC(NC1CCC(O)CC1)c1ccc(Br)cc1F. The predicted molar refractivity (Wildman–Crippen MR) is 73.9 cm³/mol. The van der Waals surface area contributed by atoms with Crippen molar-refractivity contribution < 1.29 is 9.50 Å². The number of halogens is 2. The summed E-state index contributed by atoms with van der Waals surface area (Å²) in [6.07, 6.45) is 3.45. The average Bonchev–Trinajstić information content (AvgIpc) is 2.32. The van der Waals surface area contributed by atoms with Crippen LogP contribution >= 0.6 is 15.9 Å². The molecule has 1 saturated carbocycles. The number of hydrogen-bond acceptors (Lipinski definition) is 2. The van der Waals surface area contributed by atoms with E-state index in [9.17, 15) is 9.50 Å². The van der Waals surface area contributed by atoms with Crippen LogP contribution in [0.1, 0.15) is 44.2 Å². The summed E-state index contributed by atoms with van der Waals surface area (Å²) in [5, 5.41) is 12.9. The molecule has 4 heteroatoms. The first-order valence-corrected chi connectivity index (χ1v) is 7.24. The van der Waals surface area contributed by atoms with Crippen molar-refractivity contribution in [2.45, 2.75) is 50.8 Å². The zero-order valence-corrected chi connectivity index (χ0v) is 12.1. The molecule has 0 heterocycles. The summed E-state index contributed by atoms with van der Waals surface area (Å²) in [7, 11) is 0. The van der Waals surface area contributed by atoms with Gasteiger partial charge in [0.05, 0.1) is 6.10 Å². The van der Waals surface area contributed by atoms with E-state index in [0.717, 1.165) is 30.2 Å². The maximum absolute atomic E-state index is 13.8. The molecule has 0 amide bonds. The second kappa shape index (κ2) is 6.13. The van der Waals surface area contributed by atoms with Crippen molar-refractivity contribution in [3.8, 4) is 0 Å². The van der Waals surface area contributed by atoms with Crippen molar-refractivity contribution in [2.75, 3.05) is 0 Å². The third-order valence-corrected chi connectivity index (χ3v) is 4.10. The minimum absolute atomic E-state index is 0.00153. The molecule has 1 unspecified atom stereocenters. The van der Waals surface area contributed by atoms with Gasteiger partial charge < -0.3 is 10.4 Å². The zero-order chi connectivity index (χ0) is 13.1. The van der Waals surface area contributed by atoms with Gasteiger partial charge in [0.25, 0.3) is 0 Å². The Bertz CT molecular complexity index is 405. The highest BCUT2D eigenvalue weighted by Gasteiger charge is 2.21. The van der Waals surface area contributed by atoms with Crippen molar-refractivity contribution >= 4 is 15.9 Å². The second-order valence-electron chi connectivity index (χ2n) is 5.06. The van der Waals surface area contributed by atoms with Crippen molar-refractivity contribution in [3.63, 3.8) is 0 Å². The van der Waals surface area contributed by atoms with E-state index in [1.807, 2.05) is 19.1 Å². The Morgan fingerprint density at radius 2 is 2.00 bits per heavy atom. The lowest BCUT2D eigenvalue weighted by Gasteiger charge is -2.29. The molecule has 0 bridgehead atoms. The highest BCUT2D eigenvalue weighted by Crippen LogP contribution is 2.24. The Morgan fingerprint density at radius 1 is 1.33 bits per heavy atom. The van der Waals surface area contributed by atoms with Gasteiger partial charge in [-0.15, -0.1) is 0 Å². The molecule has 0 radical (unpaired) electrons. The summed E-state index contributed by atoms with van der Waals surface area (Å²) in [5.74, 6) is -0.180. The molecule has 0 aliphatic heterocycles. The standard InChI is InChI=1S/C14H19BrFNO/c1-9(13-7-2-10(15)8-14(13)16)17-11-3-5-12(18)6-4-11/h2,7-9,11-12,17-18H,3-6H2,1H3. The van der Waals surface area contributed by atoms with Crippen molar-refractivity contribution in [3.05, 3.63) is 34.1 Å². The first-order valence-electron chi connectivity index (χ1n) is 6.45. The van der Waals surface area contributed by atoms with Crippen molar-refractivity contribution in [1.29, 1.82) is 0 Å². The van der Waals surface area contributed by atoms with E-state index in [2.05, 4.69) is 21.2 Å². The van der Waals surface area contributed by atoms with Gasteiger partial charge in [-0.2, -0.15) is 0 Å². The van der Waals surface area contributed by atoms with Gasteiger partial charge in [0, 0.05) is 22.1 Å². The maximum Gasteiger partial charge on any atom is 0.129 e. The average molecular weight is 316 g/mol. The minimum Gasteiger partial charge on any atom is -0.393 e. The third-order valence-electron chi connectivity index (χ3n) is 3.61. The number of rotatable bonds is 3. The highest BCUT2D eigenvalue weighted by atomic mass is 79.9. The molecular formula is C14H19BrFNO. The molecule has 2 N–H and O–H groups in total. The number of aliphatic hydroxyl groups excluding tert-OH is 1. The molecule has 2 rings (SSSR count). The van der Waals surface area contributed by atoms with Gasteiger partial charge in [-0.25, -0.2) is 4.39 Å². The summed E-state index contributed by atoms with van der Waals surface area (Å²) in [6, 6.07) is 5.55. The normalized spacial score (nSPS) is 26.0. The molecule has 0 spiro atoms. The van der Waals surface area contributed by atoms with E-state index >= 15 is 0 Å². The van der Waals surface area contributed by atoms with E-state index < -0.39 is 0 Å². The van der Waals surface area contributed by atoms with Crippen LogP contribution < -0.4 is 5.32 Å². The molecule has 1 aliphatic carbocycles. The summed E-state index contributed by atoms with van der Waals surface area (Å²) >= 11 is 3.26. The van der Waals surface area contributed by atoms with Crippen molar-refractivity contribution in [1.82, 2.24) is 5.32 Å². The van der Waals surface area contributed by atoms with Crippen LogP contribution in [0.2, 0.25) is 0 Å². The van der Waals surface area contributed by atoms with Gasteiger partial charge in [-0.1, -0.05) is 22.0 Å². The first kappa shape index (κ1) is 14.0. The molecular weight excluding hydrogens is 297 g/mol. The third kappa shape index (κ3) is 3.53. The Labute approximate surface area is 116 Å². The molecule has 18 heavy (non-hydrogen) atoms. The van der Waals surface area contributed by atoms with E-state index in [0.29, 0.717) is 11.6 Å². The van der Waals surface area contributed by atoms with Gasteiger partial charge in [-0.05, 0) is 44.7 Å². The topological polar surface area (TPSA) is 32.3 Å². The zero-order valence-electron chi connectivity index (χ0n) is 10.5. The van der Waals surface area contributed by atoms with Gasteiger partial charge >= 0.3 is 0 Å². The summed E-state index contributed by atoms with van der Waals surface area (Å²) in [6.45, 7) is 1.98. The highest BCUT2D eigenvalue weighted by molar-refractivity contribution is 9.10.